The summed E-state index contributed by atoms with van der Waals surface area (Å²) in [6.45, 7) is 5.16. The van der Waals surface area contributed by atoms with Crippen LogP contribution in [0.5, 0.6) is 0 Å². The molecular weight excluding hydrogens is 330 g/mol. The van der Waals surface area contributed by atoms with E-state index in [1.54, 1.807) is 0 Å². The molecule has 1 atom stereocenters. The molecule has 26 heavy (non-hydrogen) atoms. The van der Waals surface area contributed by atoms with Crippen LogP contribution >= 0.6 is 0 Å². The van der Waals surface area contributed by atoms with Gasteiger partial charge in [0.25, 0.3) is 0 Å². The van der Waals surface area contributed by atoms with E-state index in [9.17, 15) is 4.79 Å². The third-order valence-corrected chi connectivity index (χ3v) is 4.47. The zero-order chi connectivity index (χ0) is 18.2. The van der Waals surface area contributed by atoms with Crippen molar-refractivity contribution >= 4 is 6.03 Å². The van der Waals surface area contributed by atoms with E-state index >= 15 is 0 Å². The minimum absolute atomic E-state index is 0.187. The van der Waals surface area contributed by atoms with Gasteiger partial charge in [0.15, 0.2) is 5.82 Å². The maximum absolute atomic E-state index is 12.0. The lowest BCUT2D eigenvalue weighted by atomic mass is 10.2. The van der Waals surface area contributed by atoms with Crippen molar-refractivity contribution in [3.05, 3.63) is 47.5 Å². The second-order valence-corrected chi connectivity index (χ2v) is 6.81. The number of hydrogen-bond acceptors (Lipinski definition) is 4. The van der Waals surface area contributed by atoms with E-state index in [1.165, 1.54) is 0 Å². The molecule has 0 spiro atoms. The van der Waals surface area contributed by atoms with Crippen molar-refractivity contribution in [2.75, 3.05) is 13.2 Å². The van der Waals surface area contributed by atoms with Crippen LogP contribution in [0.3, 0.4) is 0 Å². The van der Waals surface area contributed by atoms with Crippen molar-refractivity contribution in [2.24, 2.45) is 5.92 Å². The topological polar surface area (TPSA) is 81.1 Å². The summed E-state index contributed by atoms with van der Waals surface area (Å²) in [6.07, 6.45) is 3.28. The molecule has 0 saturated heterocycles. The number of carbonyl (C=O) groups excluding carboxylic acids is 1. The Morgan fingerprint density at radius 3 is 2.92 bits per heavy atom. The highest BCUT2D eigenvalue weighted by molar-refractivity contribution is 5.73. The minimum atomic E-state index is -0.187. The predicted molar refractivity (Wildman–Crippen MR) is 98.5 cm³/mol. The maximum atomic E-state index is 12.0. The summed E-state index contributed by atoms with van der Waals surface area (Å²) >= 11 is 0. The maximum Gasteiger partial charge on any atom is 0.315 e. The normalized spacial score (nSPS) is 14.5. The summed E-state index contributed by atoms with van der Waals surface area (Å²) in [7, 11) is 0. The molecule has 3 rings (SSSR count). The fourth-order valence-corrected chi connectivity index (χ4v) is 3.00. The monoisotopic (exact) mass is 357 g/mol. The first-order chi connectivity index (χ1) is 12.7. The smallest absolute Gasteiger partial charge is 0.315 e. The van der Waals surface area contributed by atoms with E-state index in [-0.39, 0.29) is 11.9 Å². The highest BCUT2D eigenvalue weighted by Crippen LogP contribution is 2.13. The molecule has 2 N–H and O–H groups in total. The molecule has 0 aliphatic carbocycles. The molecule has 0 fully saturated rings. The van der Waals surface area contributed by atoms with Gasteiger partial charge in [-0.2, -0.15) is 0 Å². The lowest BCUT2D eigenvalue weighted by Crippen LogP contribution is -2.38. The molecule has 0 bridgehead atoms. The zero-order valence-electron chi connectivity index (χ0n) is 15.3. The first-order valence-corrected chi connectivity index (χ1v) is 9.26. The van der Waals surface area contributed by atoms with Crippen molar-refractivity contribution in [1.82, 2.24) is 25.4 Å². The van der Waals surface area contributed by atoms with Crippen LogP contribution in [0.2, 0.25) is 0 Å². The Morgan fingerprint density at radius 1 is 1.23 bits per heavy atom. The number of nitrogens with one attached hydrogen (secondary N) is 2. The first kappa shape index (κ1) is 18.4. The summed E-state index contributed by atoms with van der Waals surface area (Å²) < 4.78 is 7.82. The van der Waals surface area contributed by atoms with Crippen molar-refractivity contribution in [3.63, 3.8) is 0 Å². The Bertz CT molecular complexity index is 701. The number of nitrogens with zero attached hydrogens (tertiary/aromatic N) is 3. The summed E-state index contributed by atoms with van der Waals surface area (Å²) in [6, 6.07) is 9.89. The predicted octanol–water partition coefficient (Wildman–Crippen LogP) is 2.27. The number of aromatic nitrogens is 3. The average Bonchev–Trinajstić information content (AvgIpc) is 3.09. The molecule has 0 radical (unpaired) electrons. The van der Waals surface area contributed by atoms with Crippen molar-refractivity contribution in [2.45, 2.75) is 45.9 Å². The van der Waals surface area contributed by atoms with E-state index in [1.807, 2.05) is 30.3 Å². The summed E-state index contributed by atoms with van der Waals surface area (Å²) in [5.41, 5.74) is 1.15. The van der Waals surface area contributed by atoms with Crippen LogP contribution in [0.4, 0.5) is 4.79 Å². The van der Waals surface area contributed by atoms with Gasteiger partial charge in [-0.05, 0) is 24.3 Å². The fraction of sp³-hybridized carbons (Fsp3) is 0.526. The molecule has 7 heteroatoms. The van der Waals surface area contributed by atoms with Gasteiger partial charge in [0.1, 0.15) is 5.82 Å². The Hall–Kier alpha value is -2.41. The SMILES string of the molecule is CC(CNC(=O)NCc1nnc2n1CCCC2)COCc1ccccc1. The van der Waals surface area contributed by atoms with Gasteiger partial charge < -0.3 is 19.9 Å². The standard InChI is InChI=1S/C19H27N5O2/c1-15(13-26-14-16-7-3-2-4-8-16)11-20-19(25)21-12-18-23-22-17-9-5-6-10-24(17)18/h2-4,7-8,15H,5-6,9-14H2,1H3,(H2,20,21,25). The van der Waals surface area contributed by atoms with E-state index in [0.717, 1.165) is 43.0 Å². The van der Waals surface area contributed by atoms with Gasteiger partial charge in [-0.25, -0.2) is 4.79 Å². The molecule has 0 saturated carbocycles. The van der Waals surface area contributed by atoms with Crippen molar-refractivity contribution in [1.29, 1.82) is 0 Å². The molecule has 140 valence electrons. The summed E-state index contributed by atoms with van der Waals surface area (Å²) in [5.74, 6) is 2.09. The molecule has 2 aromatic rings. The fourth-order valence-electron chi connectivity index (χ4n) is 3.00. The molecule has 2 amide bonds. The second kappa shape index (κ2) is 9.33. The van der Waals surface area contributed by atoms with Crippen LogP contribution in [-0.2, 0) is 30.9 Å². The average molecular weight is 357 g/mol. The molecule has 1 aromatic carbocycles. The number of benzene rings is 1. The van der Waals surface area contributed by atoms with Crippen LogP contribution in [0.1, 0.15) is 37.0 Å². The Balaban J connectivity index is 1.31. The van der Waals surface area contributed by atoms with E-state index < -0.39 is 0 Å². The quantitative estimate of drug-likeness (QED) is 0.759. The van der Waals surface area contributed by atoms with Crippen LogP contribution in [0, 0.1) is 5.92 Å². The van der Waals surface area contributed by atoms with Gasteiger partial charge >= 0.3 is 6.03 Å². The van der Waals surface area contributed by atoms with E-state index in [0.29, 0.717) is 26.3 Å². The van der Waals surface area contributed by atoms with Gasteiger partial charge in [0, 0.05) is 19.5 Å². The molecule has 1 aliphatic rings. The number of urea groups is 1. The van der Waals surface area contributed by atoms with Gasteiger partial charge in [-0.1, -0.05) is 37.3 Å². The van der Waals surface area contributed by atoms with Gasteiger partial charge in [0.2, 0.25) is 0 Å². The highest BCUT2D eigenvalue weighted by Gasteiger charge is 2.16. The number of aryl methyl sites for hydroxylation is 1. The molecule has 7 nitrogen and oxygen atoms in total. The van der Waals surface area contributed by atoms with Crippen molar-refractivity contribution in [3.8, 4) is 0 Å². The van der Waals surface area contributed by atoms with Crippen LogP contribution < -0.4 is 10.6 Å². The van der Waals surface area contributed by atoms with Crippen LogP contribution in [0.15, 0.2) is 30.3 Å². The van der Waals surface area contributed by atoms with Crippen LogP contribution in [-0.4, -0.2) is 33.9 Å². The second-order valence-electron chi connectivity index (χ2n) is 6.81. The lowest BCUT2D eigenvalue weighted by Gasteiger charge is -2.16. The highest BCUT2D eigenvalue weighted by atomic mass is 16.5. The molecule has 1 unspecified atom stereocenters. The summed E-state index contributed by atoms with van der Waals surface area (Å²) in [5, 5.41) is 14.1. The number of ether oxygens (including phenoxy) is 1. The van der Waals surface area contributed by atoms with Gasteiger partial charge in [-0.15, -0.1) is 10.2 Å². The zero-order valence-corrected chi connectivity index (χ0v) is 15.3. The Kier molecular flexibility index (Phi) is 6.60. The lowest BCUT2D eigenvalue weighted by molar-refractivity contribution is 0.0924. The minimum Gasteiger partial charge on any atom is -0.376 e. The Labute approximate surface area is 154 Å². The third-order valence-electron chi connectivity index (χ3n) is 4.47. The van der Waals surface area contributed by atoms with Crippen LogP contribution in [0.25, 0.3) is 0 Å². The van der Waals surface area contributed by atoms with E-state index in [2.05, 4.69) is 32.3 Å². The van der Waals surface area contributed by atoms with Gasteiger partial charge in [0.05, 0.1) is 19.8 Å². The largest absolute Gasteiger partial charge is 0.376 e. The number of hydrogen-bond donors (Lipinski definition) is 2. The molecule has 2 heterocycles. The summed E-state index contributed by atoms with van der Waals surface area (Å²) in [4.78, 5) is 12.0. The number of rotatable bonds is 8. The molecule has 1 aromatic heterocycles. The first-order valence-electron chi connectivity index (χ1n) is 9.26. The van der Waals surface area contributed by atoms with Gasteiger partial charge in [-0.3, -0.25) is 0 Å². The molecular formula is C19H27N5O2. The number of carbonyl (C=O) groups is 1. The number of fused-ring (bicyclic) bond motifs is 1. The molecule has 1 aliphatic heterocycles. The van der Waals surface area contributed by atoms with Crippen molar-refractivity contribution < 1.29 is 9.53 Å². The van der Waals surface area contributed by atoms with E-state index in [4.69, 9.17) is 4.74 Å². The third kappa shape index (κ3) is 5.29. The Morgan fingerprint density at radius 2 is 2.08 bits per heavy atom. The number of amides is 2.